The number of alkyl halides is 3. The summed E-state index contributed by atoms with van der Waals surface area (Å²) in [4.78, 5) is 31.0. The first-order valence-corrected chi connectivity index (χ1v) is 11.0. The molecule has 4 rings (SSSR count). The number of hydrogen-bond donors (Lipinski definition) is 1. The smallest absolute Gasteiger partial charge is 0.321 e. The van der Waals surface area contributed by atoms with Gasteiger partial charge in [0.25, 0.3) is 5.91 Å². The molecule has 4 nitrogen and oxygen atoms in total. The topological polar surface area (TPSA) is 58.5 Å². The third kappa shape index (κ3) is 4.47. The largest absolute Gasteiger partial charge is 0.416 e. The molecule has 1 fully saturated rings. The van der Waals surface area contributed by atoms with Crippen LogP contribution in [0.3, 0.4) is 0 Å². The molecule has 1 heterocycles. The molecule has 1 amide bonds. The highest BCUT2D eigenvalue weighted by atomic mass is 35.5. The Kier molecular flexibility index (Phi) is 6.18. The number of aliphatic imine (C=N–C) groups is 1. The van der Waals surface area contributed by atoms with Crippen molar-refractivity contribution < 1.29 is 22.8 Å². The minimum Gasteiger partial charge on any atom is -0.321 e. The lowest BCUT2D eigenvalue weighted by Crippen LogP contribution is -2.40. The van der Waals surface area contributed by atoms with E-state index in [1.807, 2.05) is 31.2 Å². The zero-order valence-corrected chi connectivity index (χ0v) is 18.8. The molecule has 0 bridgehead atoms. The van der Waals surface area contributed by atoms with Crippen molar-refractivity contribution in [2.24, 2.45) is 10.9 Å². The number of nitrogens with one attached hydrogen (secondary N) is 1. The molecule has 172 valence electrons. The van der Waals surface area contributed by atoms with Crippen LogP contribution in [0.25, 0.3) is 0 Å². The van der Waals surface area contributed by atoms with Crippen molar-refractivity contribution in [3.05, 3.63) is 75.4 Å². The van der Waals surface area contributed by atoms with E-state index in [4.69, 9.17) is 11.6 Å². The van der Waals surface area contributed by atoms with Crippen LogP contribution < -0.4 is 5.32 Å². The first kappa shape index (κ1) is 23.2. The first-order chi connectivity index (χ1) is 15.6. The number of carbonyl (C=O) groups is 2. The van der Waals surface area contributed by atoms with Gasteiger partial charge in [0.2, 0.25) is 0 Å². The number of anilines is 1. The maximum absolute atomic E-state index is 13.5. The van der Waals surface area contributed by atoms with Gasteiger partial charge in [-0.15, -0.1) is 0 Å². The molecule has 1 unspecified atom stereocenters. The predicted molar refractivity (Wildman–Crippen MR) is 121 cm³/mol. The van der Waals surface area contributed by atoms with Crippen molar-refractivity contribution in [2.45, 2.75) is 45.2 Å². The molecular formula is C25H22ClF3N2O2. The Morgan fingerprint density at radius 2 is 1.82 bits per heavy atom. The summed E-state index contributed by atoms with van der Waals surface area (Å²) in [6.07, 6.45) is -2.80. The SMILES string of the molecule is CC1=C(C(=O)Nc2cc(C(F)(F)F)ccc2Cl)[C@H](c2ccccc2C)C2C(=O)CCCC2=N1. The van der Waals surface area contributed by atoms with E-state index in [-0.39, 0.29) is 22.1 Å². The second kappa shape index (κ2) is 8.78. The molecular weight excluding hydrogens is 453 g/mol. The molecule has 2 aliphatic rings. The van der Waals surface area contributed by atoms with E-state index in [9.17, 15) is 22.8 Å². The van der Waals surface area contributed by atoms with E-state index in [0.717, 1.165) is 35.0 Å². The van der Waals surface area contributed by atoms with Crippen LogP contribution in [0.5, 0.6) is 0 Å². The van der Waals surface area contributed by atoms with Crippen molar-refractivity contribution >= 4 is 34.7 Å². The number of rotatable bonds is 3. The van der Waals surface area contributed by atoms with E-state index >= 15 is 0 Å². The number of allylic oxidation sites excluding steroid dienone is 1. The normalized spacial score (nSPS) is 20.9. The second-order valence-electron chi connectivity index (χ2n) is 8.38. The minimum atomic E-state index is -4.58. The van der Waals surface area contributed by atoms with Crippen LogP contribution in [-0.4, -0.2) is 17.4 Å². The van der Waals surface area contributed by atoms with Crippen LogP contribution in [0.2, 0.25) is 5.02 Å². The van der Waals surface area contributed by atoms with Gasteiger partial charge in [0.05, 0.1) is 22.2 Å². The van der Waals surface area contributed by atoms with Gasteiger partial charge in [-0.25, -0.2) is 0 Å². The summed E-state index contributed by atoms with van der Waals surface area (Å²) in [7, 11) is 0. The number of hydrogen-bond acceptors (Lipinski definition) is 3. The van der Waals surface area contributed by atoms with Crippen molar-refractivity contribution in [3.63, 3.8) is 0 Å². The molecule has 0 saturated heterocycles. The fourth-order valence-electron chi connectivity index (χ4n) is 4.68. The van der Waals surface area contributed by atoms with E-state index in [1.165, 1.54) is 0 Å². The number of fused-ring (bicyclic) bond motifs is 1. The van der Waals surface area contributed by atoms with E-state index in [1.54, 1.807) is 6.92 Å². The summed E-state index contributed by atoms with van der Waals surface area (Å²) in [5.41, 5.74) is 2.14. The Morgan fingerprint density at radius 1 is 1.09 bits per heavy atom. The molecule has 2 aromatic rings. The van der Waals surface area contributed by atoms with Crippen LogP contribution in [0.15, 0.2) is 58.7 Å². The van der Waals surface area contributed by atoms with Gasteiger partial charge in [0, 0.05) is 29.3 Å². The number of nitrogens with zero attached hydrogens (tertiary/aromatic N) is 1. The summed E-state index contributed by atoms with van der Waals surface area (Å²) in [6, 6.07) is 10.3. The Hall–Kier alpha value is -2.93. The lowest BCUT2D eigenvalue weighted by molar-refractivity contribution is -0.137. The highest BCUT2D eigenvalue weighted by molar-refractivity contribution is 6.34. The third-order valence-electron chi connectivity index (χ3n) is 6.22. The number of halogens is 4. The molecule has 1 aliphatic carbocycles. The van der Waals surface area contributed by atoms with Gasteiger partial charge in [-0.3, -0.25) is 14.6 Å². The summed E-state index contributed by atoms with van der Waals surface area (Å²) < 4.78 is 39.6. The number of carbonyl (C=O) groups excluding carboxylic acids is 2. The van der Waals surface area contributed by atoms with Crippen LogP contribution in [0.1, 0.15) is 48.8 Å². The van der Waals surface area contributed by atoms with Gasteiger partial charge >= 0.3 is 6.18 Å². The van der Waals surface area contributed by atoms with Crippen LogP contribution in [0, 0.1) is 12.8 Å². The van der Waals surface area contributed by atoms with Crippen molar-refractivity contribution in [1.82, 2.24) is 0 Å². The average molecular weight is 475 g/mol. The monoisotopic (exact) mass is 474 g/mol. The number of aryl methyl sites for hydroxylation is 1. The molecule has 8 heteroatoms. The molecule has 0 spiro atoms. The lowest BCUT2D eigenvalue weighted by Gasteiger charge is -2.36. The summed E-state index contributed by atoms with van der Waals surface area (Å²) >= 11 is 6.10. The maximum atomic E-state index is 13.5. The summed E-state index contributed by atoms with van der Waals surface area (Å²) in [6.45, 7) is 3.60. The van der Waals surface area contributed by atoms with Crippen LogP contribution in [-0.2, 0) is 15.8 Å². The number of benzene rings is 2. The van der Waals surface area contributed by atoms with Gasteiger partial charge in [-0.1, -0.05) is 35.9 Å². The molecule has 1 N–H and O–H groups in total. The number of amides is 1. The van der Waals surface area contributed by atoms with E-state index in [2.05, 4.69) is 10.3 Å². The second-order valence-corrected chi connectivity index (χ2v) is 8.79. The molecule has 0 aromatic heterocycles. The van der Waals surface area contributed by atoms with Crippen LogP contribution in [0.4, 0.5) is 18.9 Å². The molecule has 1 saturated carbocycles. The summed E-state index contributed by atoms with van der Waals surface area (Å²) in [5.74, 6) is -1.75. The molecule has 2 atom stereocenters. The van der Waals surface area contributed by atoms with Gasteiger partial charge in [0.1, 0.15) is 5.78 Å². The third-order valence-corrected chi connectivity index (χ3v) is 6.55. The Labute approximate surface area is 194 Å². The molecule has 0 radical (unpaired) electrons. The quantitative estimate of drug-likeness (QED) is 0.553. The van der Waals surface area contributed by atoms with E-state index < -0.39 is 29.5 Å². The first-order valence-electron chi connectivity index (χ1n) is 10.6. The standard InChI is InChI=1S/C25H22ClF3N2O2/c1-13-6-3-4-7-16(13)22-21(14(2)30-18-8-5-9-20(32)23(18)22)24(33)31-19-12-15(25(27,28)29)10-11-17(19)26/h3-4,6-7,10-12,22-23H,5,8-9H2,1-2H3,(H,31,33)/t22-,23?/m0/s1. The van der Waals surface area contributed by atoms with Crippen molar-refractivity contribution in [2.75, 3.05) is 5.32 Å². The van der Waals surface area contributed by atoms with E-state index in [0.29, 0.717) is 25.0 Å². The van der Waals surface area contributed by atoms with Crippen LogP contribution >= 0.6 is 11.6 Å². The summed E-state index contributed by atoms with van der Waals surface area (Å²) in [5, 5.41) is 2.53. The van der Waals surface area contributed by atoms with Gasteiger partial charge in [-0.2, -0.15) is 13.2 Å². The molecule has 33 heavy (non-hydrogen) atoms. The Balaban J connectivity index is 1.80. The van der Waals surface area contributed by atoms with Gasteiger partial charge in [0.15, 0.2) is 0 Å². The minimum absolute atomic E-state index is 0.0168. The highest BCUT2D eigenvalue weighted by Crippen LogP contribution is 2.44. The molecule has 2 aromatic carbocycles. The predicted octanol–water partition coefficient (Wildman–Crippen LogP) is 6.49. The fraction of sp³-hybridized carbons (Fsp3) is 0.320. The van der Waals surface area contributed by atoms with Crippen molar-refractivity contribution in [3.8, 4) is 0 Å². The fourth-order valence-corrected chi connectivity index (χ4v) is 4.84. The zero-order chi connectivity index (χ0) is 23.9. The number of Topliss-reactive ketones (excluding diaryl/α,β-unsaturated/α-hetero) is 1. The highest BCUT2D eigenvalue weighted by Gasteiger charge is 2.43. The van der Waals surface area contributed by atoms with Crippen molar-refractivity contribution in [1.29, 1.82) is 0 Å². The zero-order valence-electron chi connectivity index (χ0n) is 18.1. The molecule has 1 aliphatic heterocycles. The van der Waals surface area contributed by atoms with Gasteiger partial charge < -0.3 is 5.32 Å². The van der Waals surface area contributed by atoms with Gasteiger partial charge in [-0.05, 0) is 56.0 Å². The number of ketones is 1. The average Bonchev–Trinajstić information content (AvgIpc) is 2.74. The Morgan fingerprint density at radius 3 is 2.52 bits per heavy atom. The Bertz CT molecular complexity index is 1200. The lowest BCUT2D eigenvalue weighted by atomic mass is 9.68. The maximum Gasteiger partial charge on any atom is 0.416 e.